The Bertz CT molecular complexity index is 444. The lowest BCUT2D eigenvalue weighted by Crippen LogP contribution is -2.51. The molecule has 3 atom stereocenters. The van der Waals surface area contributed by atoms with Crippen LogP contribution in [0.3, 0.4) is 0 Å². The second kappa shape index (κ2) is 7.84. The van der Waals surface area contributed by atoms with E-state index in [-0.39, 0.29) is 24.3 Å². The summed E-state index contributed by atoms with van der Waals surface area (Å²) in [7, 11) is 0. The number of carbonyl (C=O) groups is 4. The number of thioether (sulfide) groups is 1. The van der Waals surface area contributed by atoms with E-state index in [9.17, 15) is 19.2 Å². The monoisotopic (exact) mass is 319 g/mol. The number of nitrogens with one attached hydrogen (secondary N) is 2. The molecule has 3 unspecified atom stereocenters. The van der Waals surface area contributed by atoms with Crippen LogP contribution >= 0.6 is 11.8 Å². The first kappa shape index (κ1) is 17.2. The Labute approximate surface area is 124 Å². The maximum atomic E-state index is 11.8. The highest BCUT2D eigenvalue weighted by molar-refractivity contribution is 7.99. The van der Waals surface area contributed by atoms with E-state index in [4.69, 9.17) is 15.9 Å². The molecule has 0 aliphatic carbocycles. The van der Waals surface area contributed by atoms with Gasteiger partial charge in [-0.1, -0.05) is 0 Å². The van der Waals surface area contributed by atoms with E-state index in [1.807, 2.05) is 0 Å². The molecule has 0 spiro atoms. The quantitative estimate of drug-likeness (QED) is 0.375. The van der Waals surface area contributed by atoms with Crippen LogP contribution in [-0.2, 0) is 19.2 Å². The second-order valence-corrected chi connectivity index (χ2v) is 5.62. The van der Waals surface area contributed by atoms with Crippen LogP contribution < -0.4 is 16.4 Å². The summed E-state index contributed by atoms with van der Waals surface area (Å²) in [5, 5.41) is 22.2. The third kappa shape index (κ3) is 5.60. The minimum Gasteiger partial charge on any atom is -0.480 e. The number of rotatable bonds is 6. The number of aliphatic carboxylic acids is 2. The molecule has 6 N–H and O–H groups in total. The molecule has 9 nitrogen and oxygen atoms in total. The van der Waals surface area contributed by atoms with Gasteiger partial charge < -0.3 is 26.6 Å². The van der Waals surface area contributed by atoms with Crippen molar-refractivity contribution in [1.82, 2.24) is 10.6 Å². The average Bonchev–Trinajstić information content (AvgIpc) is 2.58. The number of carboxylic acid groups (broad SMARTS) is 2. The van der Waals surface area contributed by atoms with Gasteiger partial charge in [0.25, 0.3) is 0 Å². The minimum atomic E-state index is -1.20. The summed E-state index contributed by atoms with van der Waals surface area (Å²) in [6.45, 7) is 0. The molecular weight excluding hydrogens is 302 g/mol. The topological polar surface area (TPSA) is 159 Å². The van der Waals surface area contributed by atoms with Gasteiger partial charge in [0.05, 0.1) is 0 Å². The lowest BCUT2D eigenvalue weighted by molar-refractivity contribution is -0.141. The van der Waals surface area contributed by atoms with Crippen LogP contribution in [0.2, 0.25) is 0 Å². The summed E-state index contributed by atoms with van der Waals surface area (Å²) in [4.78, 5) is 44.8. The Morgan fingerprint density at radius 3 is 2.62 bits per heavy atom. The van der Waals surface area contributed by atoms with E-state index in [0.717, 1.165) is 0 Å². The van der Waals surface area contributed by atoms with E-state index >= 15 is 0 Å². The fraction of sp³-hybridized carbons (Fsp3) is 0.636. The Morgan fingerprint density at radius 2 is 2.05 bits per heavy atom. The average molecular weight is 319 g/mol. The Kier molecular flexibility index (Phi) is 6.43. The molecule has 118 valence electrons. The number of carbonyl (C=O) groups excluding carboxylic acids is 2. The number of nitrogens with two attached hydrogens (primary N) is 1. The maximum Gasteiger partial charge on any atom is 0.327 e. The van der Waals surface area contributed by atoms with Gasteiger partial charge in [0.2, 0.25) is 11.8 Å². The number of amides is 2. The summed E-state index contributed by atoms with van der Waals surface area (Å²) < 4.78 is 0. The fourth-order valence-electron chi connectivity index (χ4n) is 1.61. The van der Waals surface area contributed by atoms with Crippen LogP contribution in [0, 0.1) is 0 Å². The van der Waals surface area contributed by atoms with Gasteiger partial charge in [-0.25, -0.2) is 4.79 Å². The molecule has 0 aromatic rings. The van der Waals surface area contributed by atoms with Gasteiger partial charge >= 0.3 is 11.9 Å². The zero-order chi connectivity index (χ0) is 16.0. The van der Waals surface area contributed by atoms with Gasteiger partial charge in [0.15, 0.2) is 0 Å². The summed E-state index contributed by atoms with van der Waals surface area (Å²) in [5.74, 6) is -2.92. The molecule has 0 saturated carbocycles. The minimum absolute atomic E-state index is 0.0413. The highest BCUT2D eigenvalue weighted by Gasteiger charge is 2.30. The fourth-order valence-corrected chi connectivity index (χ4v) is 2.68. The van der Waals surface area contributed by atoms with Crippen LogP contribution in [-0.4, -0.2) is 63.6 Å². The van der Waals surface area contributed by atoms with Crippen LogP contribution in [0.1, 0.15) is 12.8 Å². The first-order chi connectivity index (χ1) is 9.81. The molecule has 0 bridgehead atoms. The van der Waals surface area contributed by atoms with Crippen molar-refractivity contribution in [2.75, 3.05) is 11.5 Å². The largest absolute Gasteiger partial charge is 0.480 e. The first-order valence-electron chi connectivity index (χ1n) is 6.20. The molecule has 1 heterocycles. The second-order valence-electron chi connectivity index (χ2n) is 4.54. The Morgan fingerprint density at radius 1 is 1.38 bits per heavy atom. The van der Waals surface area contributed by atoms with Crippen molar-refractivity contribution in [3.05, 3.63) is 0 Å². The van der Waals surface area contributed by atoms with Crippen LogP contribution in [0.25, 0.3) is 0 Å². The molecular formula is C11H17N3O6S. The molecule has 0 aromatic carbocycles. The van der Waals surface area contributed by atoms with Gasteiger partial charge in [-0.3, -0.25) is 14.4 Å². The third-order valence-electron chi connectivity index (χ3n) is 2.83. The Hall–Kier alpha value is -1.81. The van der Waals surface area contributed by atoms with Gasteiger partial charge in [0.1, 0.15) is 18.1 Å². The van der Waals surface area contributed by atoms with E-state index in [1.165, 1.54) is 11.8 Å². The summed E-state index contributed by atoms with van der Waals surface area (Å²) in [6, 6.07) is -2.96. The van der Waals surface area contributed by atoms with Gasteiger partial charge in [0, 0.05) is 17.9 Å². The first-order valence-corrected chi connectivity index (χ1v) is 7.35. The molecule has 10 heteroatoms. The SMILES string of the molecule is NC(CCC(=O)NC1CSCC(C(=O)O)NC1=O)C(=O)O. The van der Waals surface area contributed by atoms with Crippen molar-refractivity contribution < 1.29 is 29.4 Å². The predicted molar refractivity (Wildman–Crippen MR) is 73.7 cm³/mol. The van der Waals surface area contributed by atoms with Crippen molar-refractivity contribution in [1.29, 1.82) is 0 Å². The summed E-state index contributed by atoms with van der Waals surface area (Å²) in [5.41, 5.74) is 5.27. The molecule has 1 saturated heterocycles. The van der Waals surface area contributed by atoms with Gasteiger partial charge in [-0.05, 0) is 6.42 Å². The zero-order valence-corrected chi connectivity index (χ0v) is 11.9. The van der Waals surface area contributed by atoms with E-state index in [1.54, 1.807) is 0 Å². The van der Waals surface area contributed by atoms with Gasteiger partial charge in [-0.15, -0.1) is 0 Å². The molecule has 1 rings (SSSR count). The number of hydrogen-bond donors (Lipinski definition) is 5. The normalized spacial score (nSPS) is 23.6. The Balaban J connectivity index is 2.46. The van der Waals surface area contributed by atoms with Crippen LogP contribution in [0.5, 0.6) is 0 Å². The molecule has 1 aliphatic heterocycles. The standard InChI is InChI=1S/C11H17N3O6S/c12-5(10(17)18)1-2-8(15)13-6-3-21-4-7(11(19)20)14-9(6)16/h5-7H,1-4,12H2,(H,13,15)(H,14,16)(H,17,18)(H,19,20). The van der Waals surface area contributed by atoms with Crippen molar-refractivity contribution >= 4 is 35.5 Å². The number of hydrogen-bond acceptors (Lipinski definition) is 6. The summed E-state index contributed by atoms with van der Waals surface area (Å²) >= 11 is 1.24. The lowest BCUT2D eigenvalue weighted by Gasteiger charge is -2.16. The molecule has 1 aliphatic rings. The summed E-state index contributed by atoms with van der Waals surface area (Å²) in [6.07, 6.45) is -0.162. The van der Waals surface area contributed by atoms with Crippen molar-refractivity contribution in [2.24, 2.45) is 5.73 Å². The van der Waals surface area contributed by atoms with E-state index in [0.29, 0.717) is 0 Å². The number of carboxylic acids is 2. The molecule has 0 aromatic heterocycles. The van der Waals surface area contributed by atoms with Crippen molar-refractivity contribution in [2.45, 2.75) is 31.0 Å². The third-order valence-corrected chi connectivity index (χ3v) is 3.97. The van der Waals surface area contributed by atoms with E-state index in [2.05, 4.69) is 10.6 Å². The predicted octanol–water partition coefficient (Wildman–Crippen LogP) is -2.02. The van der Waals surface area contributed by atoms with Gasteiger partial charge in [-0.2, -0.15) is 11.8 Å². The van der Waals surface area contributed by atoms with E-state index < -0.39 is 41.9 Å². The lowest BCUT2D eigenvalue weighted by atomic mass is 10.1. The molecule has 1 fully saturated rings. The highest BCUT2D eigenvalue weighted by atomic mass is 32.2. The van der Waals surface area contributed by atoms with Crippen LogP contribution in [0.15, 0.2) is 0 Å². The van der Waals surface area contributed by atoms with Crippen molar-refractivity contribution in [3.8, 4) is 0 Å². The molecule has 0 radical (unpaired) electrons. The zero-order valence-electron chi connectivity index (χ0n) is 11.1. The molecule has 21 heavy (non-hydrogen) atoms. The van der Waals surface area contributed by atoms with Crippen molar-refractivity contribution in [3.63, 3.8) is 0 Å². The maximum absolute atomic E-state index is 11.8. The molecule has 2 amide bonds. The highest BCUT2D eigenvalue weighted by Crippen LogP contribution is 2.11. The van der Waals surface area contributed by atoms with Crippen LogP contribution in [0.4, 0.5) is 0 Å². The smallest absolute Gasteiger partial charge is 0.327 e.